The molecular formula is C13H11NO4S. The van der Waals surface area contributed by atoms with Gasteiger partial charge in [0.15, 0.2) is 0 Å². The van der Waals surface area contributed by atoms with E-state index < -0.39 is 22.0 Å². The van der Waals surface area contributed by atoms with E-state index in [0.29, 0.717) is 10.9 Å². The molecule has 0 amide bonds. The molecule has 19 heavy (non-hydrogen) atoms. The largest absolute Gasteiger partial charge is 0.468 e. The summed E-state index contributed by atoms with van der Waals surface area (Å²) in [6, 6.07) is 9.65. The van der Waals surface area contributed by atoms with Gasteiger partial charge in [0.2, 0.25) is 10.0 Å². The van der Waals surface area contributed by atoms with Gasteiger partial charge >= 0.3 is 5.97 Å². The Hall–Kier alpha value is -1.92. The monoisotopic (exact) mass is 277 g/mol. The lowest BCUT2D eigenvalue weighted by molar-refractivity contribution is -0.142. The Labute approximate surface area is 110 Å². The van der Waals surface area contributed by atoms with Gasteiger partial charge in [0.1, 0.15) is 6.04 Å². The van der Waals surface area contributed by atoms with Gasteiger partial charge in [-0.25, -0.2) is 13.2 Å². The molecule has 0 aliphatic carbocycles. The molecule has 1 heterocycles. The average molecular weight is 277 g/mol. The first kappa shape index (κ1) is 12.1. The molecule has 1 N–H and O–H groups in total. The number of esters is 1. The predicted octanol–water partition coefficient (Wildman–Crippen LogP) is 1.35. The molecule has 1 aliphatic rings. The maximum atomic E-state index is 12.2. The van der Waals surface area contributed by atoms with Gasteiger partial charge in [-0.3, -0.25) is 0 Å². The second-order valence-corrected chi connectivity index (χ2v) is 5.93. The van der Waals surface area contributed by atoms with Crippen molar-refractivity contribution in [2.45, 2.75) is 10.9 Å². The molecule has 2 aromatic rings. The van der Waals surface area contributed by atoms with Gasteiger partial charge in [0, 0.05) is 10.9 Å². The highest BCUT2D eigenvalue weighted by atomic mass is 32.2. The van der Waals surface area contributed by atoms with E-state index >= 15 is 0 Å². The van der Waals surface area contributed by atoms with Crippen LogP contribution < -0.4 is 4.72 Å². The van der Waals surface area contributed by atoms with E-state index in [9.17, 15) is 13.2 Å². The number of hydrogen-bond acceptors (Lipinski definition) is 4. The van der Waals surface area contributed by atoms with Crippen molar-refractivity contribution in [3.63, 3.8) is 0 Å². The first-order valence-corrected chi connectivity index (χ1v) is 7.15. The van der Waals surface area contributed by atoms with Crippen LogP contribution in [0, 0.1) is 0 Å². The van der Waals surface area contributed by atoms with Gasteiger partial charge in [-0.2, -0.15) is 4.72 Å². The third-order valence-electron chi connectivity index (χ3n) is 3.20. The molecule has 1 unspecified atom stereocenters. The van der Waals surface area contributed by atoms with E-state index in [1.165, 1.54) is 7.11 Å². The maximum Gasteiger partial charge on any atom is 0.328 e. The minimum absolute atomic E-state index is 0.168. The molecule has 0 saturated heterocycles. The fourth-order valence-electron chi connectivity index (χ4n) is 2.36. The Bertz CT molecular complexity index is 782. The summed E-state index contributed by atoms with van der Waals surface area (Å²) < 4.78 is 31.3. The number of ether oxygens (including phenoxy) is 1. The molecule has 0 fully saturated rings. The highest BCUT2D eigenvalue weighted by Gasteiger charge is 2.40. The summed E-state index contributed by atoms with van der Waals surface area (Å²) in [7, 11) is -2.46. The van der Waals surface area contributed by atoms with Crippen molar-refractivity contribution in [1.82, 2.24) is 4.72 Å². The van der Waals surface area contributed by atoms with Crippen LogP contribution in [0.2, 0.25) is 0 Å². The van der Waals surface area contributed by atoms with Crippen molar-refractivity contribution >= 4 is 26.8 Å². The zero-order valence-electron chi connectivity index (χ0n) is 10.1. The molecule has 0 aromatic heterocycles. The third-order valence-corrected chi connectivity index (χ3v) is 4.74. The molecule has 6 heteroatoms. The number of methoxy groups -OCH3 is 1. The molecule has 1 atom stereocenters. The van der Waals surface area contributed by atoms with E-state index in [4.69, 9.17) is 0 Å². The number of rotatable bonds is 1. The first-order chi connectivity index (χ1) is 9.04. The Kier molecular flexibility index (Phi) is 2.58. The average Bonchev–Trinajstić information content (AvgIpc) is 2.70. The minimum Gasteiger partial charge on any atom is -0.468 e. The molecule has 98 valence electrons. The number of sulfonamides is 1. The van der Waals surface area contributed by atoms with Crippen molar-refractivity contribution in [2.24, 2.45) is 0 Å². The van der Waals surface area contributed by atoms with Crippen LogP contribution in [0.4, 0.5) is 0 Å². The minimum atomic E-state index is -3.69. The second-order valence-electron chi connectivity index (χ2n) is 4.28. The van der Waals surface area contributed by atoms with Gasteiger partial charge in [-0.1, -0.05) is 36.4 Å². The summed E-state index contributed by atoms with van der Waals surface area (Å²) in [5.74, 6) is -0.613. The standard InChI is InChI=1S/C13H11NO4S/c1-18-13(15)11-10-7-6-8-4-2-3-5-9(8)12(10)19(16,17)14-11/h2-7,11,14H,1H3. The highest BCUT2D eigenvalue weighted by Crippen LogP contribution is 2.36. The molecule has 3 rings (SSSR count). The zero-order valence-corrected chi connectivity index (χ0v) is 10.9. The quantitative estimate of drug-likeness (QED) is 0.798. The van der Waals surface area contributed by atoms with Crippen LogP contribution in [0.5, 0.6) is 0 Å². The van der Waals surface area contributed by atoms with Crippen LogP contribution in [-0.2, 0) is 19.6 Å². The summed E-state index contributed by atoms with van der Waals surface area (Å²) in [5.41, 5.74) is 0.436. The Balaban J connectivity index is 2.35. The molecule has 5 nitrogen and oxygen atoms in total. The fourth-order valence-corrected chi connectivity index (χ4v) is 3.98. The van der Waals surface area contributed by atoms with Gasteiger partial charge in [-0.05, 0) is 5.39 Å². The molecular weight excluding hydrogens is 266 g/mol. The number of nitrogens with one attached hydrogen (secondary N) is 1. The summed E-state index contributed by atoms with van der Waals surface area (Å²) in [4.78, 5) is 11.8. The van der Waals surface area contributed by atoms with E-state index in [-0.39, 0.29) is 4.90 Å². The maximum absolute atomic E-state index is 12.2. The first-order valence-electron chi connectivity index (χ1n) is 5.66. The Morgan fingerprint density at radius 1 is 1.21 bits per heavy atom. The van der Waals surface area contributed by atoms with E-state index in [1.54, 1.807) is 24.3 Å². The number of carbonyl (C=O) groups is 1. The summed E-state index contributed by atoms with van der Waals surface area (Å²) in [6.45, 7) is 0. The molecule has 0 radical (unpaired) electrons. The Morgan fingerprint density at radius 2 is 1.95 bits per heavy atom. The molecule has 0 bridgehead atoms. The molecule has 2 aromatic carbocycles. The zero-order chi connectivity index (χ0) is 13.6. The lowest BCUT2D eigenvalue weighted by atomic mass is 10.0. The third kappa shape index (κ3) is 1.72. The Morgan fingerprint density at radius 3 is 2.68 bits per heavy atom. The van der Waals surface area contributed by atoms with Crippen molar-refractivity contribution < 1.29 is 17.9 Å². The smallest absolute Gasteiger partial charge is 0.328 e. The molecule has 0 saturated carbocycles. The van der Waals surface area contributed by atoms with E-state index in [0.717, 1.165) is 5.39 Å². The topological polar surface area (TPSA) is 72.5 Å². The van der Waals surface area contributed by atoms with Crippen LogP contribution in [-0.4, -0.2) is 21.5 Å². The normalized spacial score (nSPS) is 20.2. The predicted molar refractivity (Wildman–Crippen MR) is 69.0 cm³/mol. The van der Waals surface area contributed by atoms with Crippen LogP contribution >= 0.6 is 0 Å². The number of hydrogen-bond donors (Lipinski definition) is 1. The van der Waals surface area contributed by atoms with E-state index in [1.807, 2.05) is 12.1 Å². The SMILES string of the molecule is COC(=O)C1NS(=O)(=O)c2c1ccc1ccccc21. The van der Waals surface area contributed by atoms with Gasteiger partial charge < -0.3 is 4.74 Å². The summed E-state index contributed by atoms with van der Waals surface area (Å²) >= 11 is 0. The second kappa shape index (κ2) is 4.04. The van der Waals surface area contributed by atoms with Crippen LogP contribution in [0.15, 0.2) is 41.3 Å². The van der Waals surface area contributed by atoms with Crippen LogP contribution in [0.3, 0.4) is 0 Å². The lowest BCUT2D eigenvalue weighted by Crippen LogP contribution is -2.27. The van der Waals surface area contributed by atoms with Crippen LogP contribution in [0.25, 0.3) is 10.8 Å². The summed E-state index contributed by atoms with van der Waals surface area (Å²) in [5, 5.41) is 1.43. The van der Waals surface area contributed by atoms with Crippen molar-refractivity contribution in [3.8, 4) is 0 Å². The van der Waals surface area contributed by atoms with Gasteiger partial charge in [0.05, 0.1) is 12.0 Å². The molecule has 1 aliphatic heterocycles. The van der Waals surface area contributed by atoms with Crippen LogP contribution in [0.1, 0.15) is 11.6 Å². The van der Waals surface area contributed by atoms with Crippen molar-refractivity contribution in [2.75, 3.05) is 7.11 Å². The number of fused-ring (bicyclic) bond motifs is 3. The number of benzene rings is 2. The van der Waals surface area contributed by atoms with Crippen molar-refractivity contribution in [3.05, 3.63) is 42.0 Å². The lowest BCUT2D eigenvalue weighted by Gasteiger charge is -2.07. The van der Waals surface area contributed by atoms with Gasteiger partial charge in [0.25, 0.3) is 0 Å². The van der Waals surface area contributed by atoms with E-state index in [2.05, 4.69) is 9.46 Å². The highest BCUT2D eigenvalue weighted by molar-refractivity contribution is 7.90. The fraction of sp³-hybridized carbons (Fsp3) is 0.154. The van der Waals surface area contributed by atoms with Crippen molar-refractivity contribution in [1.29, 1.82) is 0 Å². The summed E-state index contributed by atoms with van der Waals surface area (Å²) in [6.07, 6.45) is 0. The van der Waals surface area contributed by atoms with Gasteiger partial charge in [-0.15, -0.1) is 0 Å². The number of carbonyl (C=O) groups excluding carboxylic acids is 1. The molecule has 0 spiro atoms.